The van der Waals surface area contributed by atoms with E-state index in [1.807, 2.05) is 16.7 Å². The van der Waals surface area contributed by atoms with Gasteiger partial charge in [-0.15, -0.1) is 10.2 Å². The van der Waals surface area contributed by atoms with Gasteiger partial charge in [0.05, 0.1) is 19.8 Å². The van der Waals surface area contributed by atoms with Gasteiger partial charge < -0.3 is 19.1 Å². The number of halogens is 4. The van der Waals surface area contributed by atoms with Crippen LogP contribution in [0.1, 0.15) is 12.0 Å². The summed E-state index contributed by atoms with van der Waals surface area (Å²) < 4.78 is 58.9. The quantitative estimate of drug-likeness (QED) is 0.701. The van der Waals surface area contributed by atoms with E-state index in [0.29, 0.717) is 19.1 Å². The van der Waals surface area contributed by atoms with Crippen LogP contribution in [0.25, 0.3) is 0 Å². The van der Waals surface area contributed by atoms with E-state index in [1.165, 1.54) is 12.1 Å². The van der Waals surface area contributed by atoms with Gasteiger partial charge in [-0.2, -0.15) is 13.2 Å². The molecule has 12 heteroatoms. The Morgan fingerprint density at radius 2 is 1.88 bits per heavy atom. The number of ether oxygens (including phenoxy) is 2. The summed E-state index contributed by atoms with van der Waals surface area (Å²) in [4.78, 5) is 11.2. The van der Waals surface area contributed by atoms with E-state index >= 15 is 0 Å². The summed E-state index contributed by atoms with van der Waals surface area (Å²) >= 11 is 0. The lowest BCUT2D eigenvalue weighted by atomic mass is 9.94. The van der Waals surface area contributed by atoms with Crippen LogP contribution in [0.15, 0.2) is 36.9 Å². The van der Waals surface area contributed by atoms with Crippen LogP contribution in [0.2, 0.25) is 0 Å². The highest BCUT2D eigenvalue weighted by molar-refractivity contribution is 5.73. The maximum atomic E-state index is 13.1. The first kappa shape index (κ1) is 24.1. The number of hydrogen-bond donors (Lipinski definition) is 1. The molecular formula is C20H24F4N4O4. The predicted octanol–water partition coefficient (Wildman–Crippen LogP) is 2.36. The molecule has 2 aliphatic heterocycles. The summed E-state index contributed by atoms with van der Waals surface area (Å²) in [5.74, 6) is -2.52. The molecule has 0 saturated carbocycles. The summed E-state index contributed by atoms with van der Waals surface area (Å²) in [5.41, 5.74) is 0.854. The molecule has 2 atom stereocenters. The van der Waals surface area contributed by atoms with Gasteiger partial charge in [0.1, 0.15) is 24.1 Å². The fourth-order valence-corrected chi connectivity index (χ4v) is 3.85. The smallest absolute Gasteiger partial charge is 0.475 e. The Morgan fingerprint density at radius 3 is 2.50 bits per heavy atom. The van der Waals surface area contributed by atoms with E-state index in [0.717, 1.165) is 44.8 Å². The normalized spacial score (nSPS) is 24.1. The zero-order valence-corrected chi connectivity index (χ0v) is 17.2. The van der Waals surface area contributed by atoms with Gasteiger partial charge in [0.15, 0.2) is 0 Å². The maximum Gasteiger partial charge on any atom is 0.490 e. The summed E-state index contributed by atoms with van der Waals surface area (Å²) in [6, 6.07) is 6.72. The Morgan fingerprint density at radius 1 is 1.22 bits per heavy atom. The van der Waals surface area contributed by atoms with Crippen LogP contribution in [0, 0.1) is 11.7 Å². The Balaban J connectivity index is 0.000000360. The molecule has 4 rings (SSSR count). The third-order valence-electron chi connectivity index (χ3n) is 5.21. The first-order valence-electron chi connectivity index (χ1n) is 9.96. The molecular weight excluding hydrogens is 436 g/mol. The first-order valence-corrected chi connectivity index (χ1v) is 9.96. The minimum atomic E-state index is -5.08. The van der Waals surface area contributed by atoms with E-state index in [2.05, 4.69) is 15.1 Å². The zero-order chi connectivity index (χ0) is 23.2. The molecule has 0 aliphatic carbocycles. The number of hydrogen-bond acceptors (Lipinski definition) is 6. The molecule has 8 nitrogen and oxygen atoms in total. The van der Waals surface area contributed by atoms with Crippen LogP contribution in [0.5, 0.6) is 0 Å². The van der Waals surface area contributed by atoms with E-state index in [1.54, 1.807) is 12.7 Å². The second kappa shape index (κ2) is 10.4. The number of carbonyl (C=O) groups is 1. The van der Waals surface area contributed by atoms with Gasteiger partial charge in [0.25, 0.3) is 0 Å². The van der Waals surface area contributed by atoms with Gasteiger partial charge in [-0.1, -0.05) is 12.1 Å². The second-order valence-corrected chi connectivity index (χ2v) is 7.92. The molecule has 2 aromatic rings. The average molecular weight is 460 g/mol. The van der Waals surface area contributed by atoms with Crippen molar-refractivity contribution in [3.63, 3.8) is 0 Å². The minimum absolute atomic E-state index is 0.199. The molecule has 1 spiro atoms. The van der Waals surface area contributed by atoms with E-state index in [4.69, 9.17) is 19.4 Å². The fraction of sp³-hybridized carbons (Fsp3) is 0.550. The highest BCUT2D eigenvalue weighted by atomic mass is 19.4. The minimum Gasteiger partial charge on any atom is -0.475 e. The molecule has 32 heavy (non-hydrogen) atoms. The van der Waals surface area contributed by atoms with Crippen LogP contribution < -0.4 is 0 Å². The van der Waals surface area contributed by atoms with E-state index in [-0.39, 0.29) is 11.4 Å². The molecule has 2 saturated heterocycles. The monoisotopic (exact) mass is 460 g/mol. The van der Waals surface area contributed by atoms with Crippen LogP contribution in [-0.4, -0.2) is 75.4 Å². The SMILES string of the molecule is Fc1ccc(CN2CCOCC3(CC(Cn4cnnc4)CO3)C2)cc1.O=C(O)C(F)(F)F. The number of nitrogens with zero attached hydrogens (tertiary/aromatic N) is 4. The number of aliphatic carboxylic acids is 1. The standard InChI is InChI=1S/C18H23FN4O2.C2HF3O2/c19-17-3-1-15(2-4-17)8-22-5-6-24-12-18(11-22)7-16(10-25-18)9-23-13-20-21-14-23;3-2(4,5)1(6)7/h1-4,13-14,16H,5-12H2;(H,6,7). The zero-order valence-electron chi connectivity index (χ0n) is 17.2. The van der Waals surface area contributed by atoms with E-state index < -0.39 is 12.1 Å². The summed E-state index contributed by atoms with van der Waals surface area (Å²) in [6.07, 6.45) is -0.629. The average Bonchev–Trinajstić information content (AvgIpc) is 3.32. The lowest BCUT2D eigenvalue weighted by Crippen LogP contribution is -2.43. The summed E-state index contributed by atoms with van der Waals surface area (Å²) in [7, 11) is 0. The van der Waals surface area contributed by atoms with Gasteiger partial charge in [-0.3, -0.25) is 4.90 Å². The van der Waals surface area contributed by atoms with Crippen molar-refractivity contribution in [2.75, 3.05) is 32.9 Å². The van der Waals surface area contributed by atoms with Crippen molar-refractivity contribution < 1.29 is 36.9 Å². The van der Waals surface area contributed by atoms with Gasteiger partial charge in [0, 0.05) is 32.1 Å². The largest absolute Gasteiger partial charge is 0.490 e. The lowest BCUT2D eigenvalue weighted by molar-refractivity contribution is -0.192. The number of aromatic nitrogens is 3. The Labute approximate surface area is 181 Å². The maximum absolute atomic E-state index is 13.1. The van der Waals surface area contributed by atoms with Crippen LogP contribution >= 0.6 is 0 Å². The molecule has 0 bridgehead atoms. The highest BCUT2D eigenvalue weighted by Gasteiger charge is 2.43. The lowest BCUT2D eigenvalue weighted by Gasteiger charge is -2.31. The van der Waals surface area contributed by atoms with Crippen molar-refractivity contribution >= 4 is 5.97 Å². The molecule has 2 aliphatic rings. The van der Waals surface area contributed by atoms with Gasteiger partial charge in [0.2, 0.25) is 0 Å². The molecule has 3 heterocycles. The second-order valence-electron chi connectivity index (χ2n) is 7.92. The van der Waals surface area contributed by atoms with Gasteiger partial charge in [-0.05, 0) is 24.1 Å². The Kier molecular flexibility index (Phi) is 7.80. The van der Waals surface area contributed by atoms with Crippen molar-refractivity contribution in [1.29, 1.82) is 0 Å². The molecule has 1 aromatic carbocycles. The fourth-order valence-electron chi connectivity index (χ4n) is 3.85. The Bertz CT molecular complexity index is 863. The number of benzene rings is 1. The topological polar surface area (TPSA) is 89.7 Å². The molecule has 0 radical (unpaired) electrons. The molecule has 2 fully saturated rings. The van der Waals surface area contributed by atoms with Crippen LogP contribution in [-0.2, 0) is 27.4 Å². The van der Waals surface area contributed by atoms with Crippen LogP contribution in [0.3, 0.4) is 0 Å². The molecule has 0 amide bonds. The molecule has 1 N–H and O–H groups in total. The van der Waals surface area contributed by atoms with Crippen molar-refractivity contribution in [1.82, 2.24) is 19.7 Å². The summed E-state index contributed by atoms with van der Waals surface area (Å²) in [6.45, 7) is 5.40. The third kappa shape index (κ3) is 6.97. The molecule has 1 aromatic heterocycles. The van der Waals surface area contributed by atoms with Crippen molar-refractivity contribution in [2.24, 2.45) is 5.92 Å². The third-order valence-corrected chi connectivity index (χ3v) is 5.21. The van der Waals surface area contributed by atoms with Crippen LogP contribution in [0.4, 0.5) is 17.6 Å². The highest BCUT2D eigenvalue weighted by Crippen LogP contribution is 2.34. The number of alkyl halides is 3. The number of carboxylic acids is 1. The van der Waals surface area contributed by atoms with E-state index in [9.17, 15) is 17.6 Å². The number of carboxylic acid groups (broad SMARTS) is 1. The van der Waals surface area contributed by atoms with Crippen molar-refractivity contribution in [3.8, 4) is 0 Å². The summed E-state index contributed by atoms with van der Waals surface area (Å²) in [5, 5.41) is 14.8. The first-order chi connectivity index (χ1) is 15.2. The number of rotatable bonds is 4. The molecule has 2 unspecified atom stereocenters. The molecule has 176 valence electrons. The Hall–Kier alpha value is -2.57. The van der Waals surface area contributed by atoms with Crippen molar-refractivity contribution in [3.05, 3.63) is 48.3 Å². The van der Waals surface area contributed by atoms with Gasteiger partial charge in [-0.25, -0.2) is 9.18 Å². The van der Waals surface area contributed by atoms with Crippen molar-refractivity contribution in [2.45, 2.75) is 31.3 Å². The van der Waals surface area contributed by atoms with Gasteiger partial charge >= 0.3 is 12.1 Å². The predicted molar refractivity (Wildman–Crippen MR) is 103 cm³/mol.